The van der Waals surface area contributed by atoms with Crippen LogP contribution in [0.2, 0.25) is 5.02 Å². The van der Waals surface area contributed by atoms with Crippen LogP contribution in [-0.4, -0.2) is 62.9 Å². The molecule has 0 aliphatic rings. The number of halogens is 4. The molecule has 4 heterocycles. The molecule has 0 bridgehead atoms. The van der Waals surface area contributed by atoms with Gasteiger partial charge in [0.05, 0.1) is 0 Å². The summed E-state index contributed by atoms with van der Waals surface area (Å²) in [6.07, 6.45) is -4.91. The summed E-state index contributed by atoms with van der Waals surface area (Å²) in [6.45, 7) is 1.54. The Morgan fingerprint density at radius 1 is 0.860 bits per heavy atom. The van der Waals surface area contributed by atoms with Gasteiger partial charge in [0.15, 0.2) is 16.5 Å². The number of aromatic carboxylic acids is 2. The number of hydrogen-bond acceptors (Lipinski definition) is 12. The van der Waals surface area contributed by atoms with E-state index in [0.717, 1.165) is 11.3 Å². The molecule has 50 heavy (non-hydrogen) atoms. The molecule has 0 aliphatic heterocycles. The fourth-order valence-electron chi connectivity index (χ4n) is 4.02. The van der Waals surface area contributed by atoms with Crippen molar-refractivity contribution in [1.82, 2.24) is 40.8 Å². The fourth-order valence-corrected chi connectivity index (χ4v) is 5.01. The minimum atomic E-state index is -4.91. The number of aromatic nitrogens is 8. The van der Waals surface area contributed by atoms with Crippen LogP contribution in [0.25, 0.3) is 11.5 Å². The first kappa shape index (κ1) is 33.2. The Labute approximate surface area is 285 Å². The Hall–Kier alpha value is -6.70. The average molecular weight is 723 g/mol. The van der Waals surface area contributed by atoms with E-state index in [0.29, 0.717) is 16.0 Å². The van der Waals surface area contributed by atoms with Crippen molar-refractivity contribution in [3.63, 3.8) is 0 Å². The first-order valence-corrected chi connectivity index (χ1v) is 14.7. The zero-order valence-electron chi connectivity index (χ0n) is 24.6. The van der Waals surface area contributed by atoms with E-state index < -0.39 is 35.5 Å². The van der Waals surface area contributed by atoms with Gasteiger partial charge in [-0.2, -0.15) is 18.2 Å². The number of benzene rings is 2. The number of carbonyl (C=O) groups is 2. The number of carboxylic acids is 2. The highest BCUT2D eigenvalue weighted by molar-refractivity contribution is 7.12. The summed E-state index contributed by atoms with van der Waals surface area (Å²) in [5.41, 5.74) is -1.53. The summed E-state index contributed by atoms with van der Waals surface area (Å²) < 4.78 is 58.4. The van der Waals surface area contributed by atoms with Crippen LogP contribution < -0.4 is 9.47 Å². The van der Waals surface area contributed by atoms with Gasteiger partial charge in [-0.1, -0.05) is 44.1 Å². The van der Waals surface area contributed by atoms with Gasteiger partial charge in [-0.25, -0.2) is 24.8 Å². The quantitative estimate of drug-likeness (QED) is 0.144. The largest absolute Gasteiger partial charge is 0.476 e. The molecule has 0 aliphatic carbocycles. The number of rotatable bonds is 7. The van der Waals surface area contributed by atoms with Crippen LogP contribution in [0.1, 0.15) is 53.6 Å². The van der Waals surface area contributed by atoms with Crippen molar-refractivity contribution in [2.75, 3.05) is 0 Å². The lowest BCUT2D eigenvalue weighted by molar-refractivity contribution is -0.140. The second kappa shape index (κ2) is 13.4. The van der Waals surface area contributed by atoms with E-state index in [1.807, 2.05) is 0 Å². The predicted octanol–water partition coefficient (Wildman–Crippen LogP) is 5.80. The Morgan fingerprint density at radius 2 is 1.48 bits per heavy atom. The minimum Gasteiger partial charge on any atom is -0.476 e. The predicted molar refractivity (Wildman–Crippen MR) is 164 cm³/mol. The molecular formula is C30H14ClF3N8O7S. The van der Waals surface area contributed by atoms with Gasteiger partial charge < -0.3 is 24.1 Å². The number of carboxylic acid groups (broad SMARTS) is 2. The molecule has 0 radical (unpaired) electrons. The van der Waals surface area contributed by atoms with E-state index in [2.05, 4.69) is 64.5 Å². The van der Waals surface area contributed by atoms with Crippen molar-refractivity contribution >= 4 is 34.9 Å². The smallest absolute Gasteiger partial charge is 0.437 e. The maximum atomic E-state index is 14.0. The number of alkyl halides is 3. The number of ether oxygens (including phenoxy) is 2. The summed E-state index contributed by atoms with van der Waals surface area (Å²) in [5, 5.41) is 37.0. The van der Waals surface area contributed by atoms with Crippen LogP contribution in [0.4, 0.5) is 13.2 Å². The molecule has 0 unspecified atom stereocenters. The van der Waals surface area contributed by atoms with Crippen molar-refractivity contribution < 1.29 is 46.9 Å². The number of hydrogen-bond donors (Lipinski definition) is 4. The Kier molecular flexibility index (Phi) is 8.92. The van der Waals surface area contributed by atoms with Gasteiger partial charge in [0.2, 0.25) is 11.4 Å². The Morgan fingerprint density at radius 3 is 2.10 bits per heavy atom. The number of aromatic amines is 2. The molecule has 0 amide bonds. The van der Waals surface area contributed by atoms with E-state index in [9.17, 15) is 27.9 Å². The van der Waals surface area contributed by atoms with Crippen LogP contribution in [0.3, 0.4) is 0 Å². The van der Waals surface area contributed by atoms with E-state index >= 15 is 0 Å². The summed E-state index contributed by atoms with van der Waals surface area (Å²) >= 11 is 7.18. The lowest BCUT2D eigenvalue weighted by Gasteiger charge is -2.04. The summed E-state index contributed by atoms with van der Waals surface area (Å²) in [7, 11) is 0. The monoisotopic (exact) mass is 722 g/mol. The van der Waals surface area contributed by atoms with Crippen LogP contribution in [0.15, 0.2) is 46.9 Å². The molecule has 250 valence electrons. The van der Waals surface area contributed by atoms with E-state index in [4.69, 9.17) is 30.6 Å². The van der Waals surface area contributed by atoms with Crippen LogP contribution in [0, 0.1) is 30.6 Å². The van der Waals surface area contributed by atoms with Gasteiger partial charge in [-0.05, 0) is 61.2 Å². The van der Waals surface area contributed by atoms with Crippen molar-refractivity contribution in [2.24, 2.45) is 0 Å². The number of aryl methyl sites for hydroxylation is 1. The summed E-state index contributed by atoms with van der Waals surface area (Å²) in [6, 6.07) is 10.2. The third kappa shape index (κ3) is 7.39. The Bertz CT molecular complexity index is 2400. The maximum Gasteiger partial charge on any atom is 0.437 e. The molecule has 0 saturated heterocycles. The highest BCUT2D eigenvalue weighted by Gasteiger charge is 2.40. The molecule has 0 fully saturated rings. The SMILES string of the molecule is Cc1sc(C#Cc2cc(Cl)cc(Oc3nn[nH]c3C(=O)O)c2)nc1-c1oc(C#Cc2ccc(Oc3nn[nH]c3C(=O)O)cc2)nc1C(F)(F)F. The number of thiazole rings is 1. The molecule has 20 heteroatoms. The summed E-state index contributed by atoms with van der Waals surface area (Å²) in [4.78, 5) is 30.6. The number of nitrogens with one attached hydrogen (secondary N) is 2. The van der Waals surface area contributed by atoms with Gasteiger partial charge in [0, 0.05) is 21.0 Å². The van der Waals surface area contributed by atoms with E-state index in [1.54, 1.807) is 0 Å². The molecule has 6 aromatic rings. The fraction of sp³-hybridized carbons (Fsp3) is 0.0667. The van der Waals surface area contributed by atoms with E-state index in [1.165, 1.54) is 49.4 Å². The molecule has 0 spiro atoms. The van der Waals surface area contributed by atoms with Crippen molar-refractivity contribution in [1.29, 1.82) is 0 Å². The second-order valence-corrected chi connectivity index (χ2v) is 11.3. The zero-order valence-corrected chi connectivity index (χ0v) is 26.2. The average Bonchev–Trinajstić information content (AvgIpc) is 3.86. The molecule has 15 nitrogen and oxygen atoms in total. The topological polar surface area (TPSA) is 215 Å². The first-order valence-electron chi connectivity index (χ1n) is 13.5. The lowest BCUT2D eigenvalue weighted by atomic mass is 10.2. The highest BCUT2D eigenvalue weighted by Crippen LogP contribution is 2.39. The standard InChI is InChI=1S/C30H14ClF3N8O7S/c1-13-21(36-20(50-13)9-5-15-10-16(31)12-18(11-15)48-27-23(29(45)46)38-42-40-27)24-25(30(32,33)34)35-19(49-24)8-4-14-2-6-17(7-3-14)47-26-22(28(43)44)37-41-39-26/h2-3,6-7,10-12H,1H3,(H,43,44)(H,45,46)(H,37,39,41)(H,38,40,42). The summed E-state index contributed by atoms with van der Waals surface area (Å²) in [5.74, 6) is 6.59. The van der Waals surface area contributed by atoms with Crippen LogP contribution >= 0.6 is 22.9 Å². The normalized spacial score (nSPS) is 10.9. The second-order valence-electron chi connectivity index (χ2n) is 9.62. The van der Waals surface area contributed by atoms with E-state index in [-0.39, 0.29) is 50.4 Å². The lowest BCUT2D eigenvalue weighted by Crippen LogP contribution is -2.07. The molecule has 6 rings (SSSR count). The van der Waals surface area contributed by atoms with Gasteiger partial charge in [-0.15, -0.1) is 11.3 Å². The molecule has 4 N–H and O–H groups in total. The molecular weight excluding hydrogens is 709 g/mol. The first-order chi connectivity index (χ1) is 23.8. The maximum absolute atomic E-state index is 14.0. The zero-order chi connectivity index (χ0) is 35.6. The van der Waals surface area contributed by atoms with Crippen LogP contribution in [0.5, 0.6) is 23.3 Å². The number of nitrogens with zero attached hydrogens (tertiary/aromatic N) is 6. The van der Waals surface area contributed by atoms with Gasteiger partial charge >= 0.3 is 18.1 Å². The van der Waals surface area contributed by atoms with Gasteiger partial charge in [-0.3, -0.25) is 0 Å². The molecule has 0 saturated carbocycles. The molecule has 2 aromatic carbocycles. The van der Waals surface area contributed by atoms with Crippen molar-refractivity contribution in [3.8, 4) is 58.4 Å². The number of oxazole rings is 1. The van der Waals surface area contributed by atoms with Crippen molar-refractivity contribution in [2.45, 2.75) is 13.1 Å². The van der Waals surface area contributed by atoms with Crippen molar-refractivity contribution in [3.05, 3.63) is 91.5 Å². The molecule has 4 aromatic heterocycles. The highest BCUT2D eigenvalue weighted by atomic mass is 35.5. The number of H-pyrrole nitrogens is 2. The molecule has 0 atom stereocenters. The third-order valence-corrected chi connectivity index (χ3v) is 7.25. The van der Waals surface area contributed by atoms with Gasteiger partial charge in [0.1, 0.15) is 17.2 Å². The Balaban J connectivity index is 1.23. The van der Waals surface area contributed by atoms with Gasteiger partial charge in [0.25, 0.3) is 17.7 Å². The van der Waals surface area contributed by atoms with Crippen LogP contribution in [-0.2, 0) is 6.18 Å². The minimum absolute atomic E-state index is 0.101. The third-order valence-electron chi connectivity index (χ3n) is 6.15.